The highest BCUT2D eigenvalue weighted by atomic mass is 32.2. The lowest BCUT2D eigenvalue weighted by Crippen LogP contribution is -2.59. The lowest BCUT2D eigenvalue weighted by molar-refractivity contribution is -0.244. The second-order valence-corrected chi connectivity index (χ2v) is 20.1. The molecule has 60 heavy (non-hydrogen) atoms. The smallest absolute Gasteiger partial charge is 0.427 e. The molecule has 3 N–H and O–H groups in total. The van der Waals surface area contributed by atoms with Crippen LogP contribution in [0.3, 0.4) is 0 Å². The maximum Gasteiger partial charge on any atom is 0.427 e. The van der Waals surface area contributed by atoms with Gasteiger partial charge in [-0.2, -0.15) is 13.2 Å². The van der Waals surface area contributed by atoms with Crippen molar-refractivity contribution in [3.8, 4) is 11.6 Å². The number of ether oxygens (including phenoxy) is 3. The van der Waals surface area contributed by atoms with E-state index in [-0.39, 0.29) is 37.1 Å². The average molecular weight is 865 g/mol. The predicted molar refractivity (Wildman–Crippen MR) is 213 cm³/mol. The largest absolute Gasteiger partial charge is 0.497 e. The molecule has 1 saturated heterocycles. The molecule has 0 bridgehead atoms. The number of alkyl halides is 3. The van der Waals surface area contributed by atoms with Crippen LogP contribution in [0.5, 0.6) is 11.6 Å². The van der Waals surface area contributed by atoms with Crippen LogP contribution in [0.1, 0.15) is 105 Å². The minimum Gasteiger partial charge on any atom is -0.497 e. The topological polar surface area (TPSA) is 195 Å². The fraction of sp³-hybridized carbons (Fsp3) is 0.659. The van der Waals surface area contributed by atoms with Crippen LogP contribution >= 0.6 is 0 Å². The van der Waals surface area contributed by atoms with Gasteiger partial charge in [0.1, 0.15) is 35.2 Å². The molecule has 19 heteroatoms. The first-order valence-corrected chi connectivity index (χ1v) is 21.8. The SMILES string of the molecule is COc1ccc2nc(C(C)C)c(O[C@@H]3C[C@H]4C(=O)N[C@]5(C(=O)NS(=O)(=O)C6(C)CC6)C[C@H]5/C=C\CC[C@@H](C)C[C@@H](C)[C@H](NC(=O)OC(C)(C)C(F)(F)F)C(=O)N4C3)nc2c1. The molecule has 2 aliphatic carbocycles. The second-order valence-electron chi connectivity index (χ2n) is 17.9. The van der Waals surface area contributed by atoms with E-state index in [1.54, 1.807) is 31.2 Å². The monoisotopic (exact) mass is 864 g/mol. The number of fused-ring (bicyclic) bond motifs is 3. The van der Waals surface area contributed by atoms with Crippen molar-refractivity contribution in [2.45, 2.75) is 140 Å². The molecule has 2 saturated carbocycles. The Kier molecular flexibility index (Phi) is 12.2. The molecule has 1 aromatic heterocycles. The Balaban J connectivity index is 1.37. The van der Waals surface area contributed by atoms with Gasteiger partial charge >= 0.3 is 12.3 Å². The molecule has 3 fully saturated rings. The molecule has 0 radical (unpaired) electrons. The Hall–Kier alpha value is -4.68. The maximum absolute atomic E-state index is 14.8. The second kappa shape index (κ2) is 16.3. The minimum absolute atomic E-state index is 0.0454. The number of nitrogens with zero attached hydrogens (tertiary/aromatic N) is 3. The summed E-state index contributed by atoms with van der Waals surface area (Å²) in [6.45, 7) is 10.1. The van der Waals surface area contributed by atoms with Crippen LogP contribution < -0.4 is 24.8 Å². The molecule has 4 amide bonds. The van der Waals surface area contributed by atoms with Crippen LogP contribution in [0.4, 0.5) is 18.0 Å². The van der Waals surface area contributed by atoms with Crippen molar-refractivity contribution in [3.05, 3.63) is 36.0 Å². The summed E-state index contributed by atoms with van der Waals surface area (Å²) >= 11 is 0. The van der Waals surface area contributed by atoms with Gasteiger partial charge in [-0.05, 0) is 83.3 Å². The molecule has 1 aromatic carbocycles. The molecule has 3 heterocycles. The average Bonchev–Trinajstić information content (AvgIpc) is 4.04. The number of halogens is 3. The number of allylic oxidation sites excluding steroid dienone is 1. The molecule has 2 aromatic rings. The van der Waals surface area contributed by atoms with Crippen molar-refractivity contribution in [2.24, 2.45) is 17.8 Å². The van der Waals surface area contributed by atoms with Crippen molar-refractivity contribution in [1.82, 2.24) is 30.2 Å². The van der Waals surface area contributed by atoms with Crippen molar-refractivity contribution in [3.63, 3.8) is 0 Å². The zero-order valence-corrected chi connectivity index (χ0v) is 36.0. The van der Waals surface area contributed by atoms with Gasteiger partial charge in [-0.15, -0.1) is 0 Å². The van der Waals surface area contributed by atoms with Gasteiger partial charge in [0, 0.05) is 24.3 Å². The van der Waals surface area contributed by atoms with E-state index in [1.807, 2.05) is 26.8 Å². The van der Waals surface area contributed by atoms with Gasteiger partial charge in [-0.1, -0.05) is 39.8 Å². The molecule has 2 aliphatic heterocycles. The standard InChI is InChI=1S/C41H55F3N6O9S/c1-22(2)31-34(46-29-18-26(57-8)13-14-28(29)45-31)58-27-19-30-33(51)48-40(36(53)49-60(55,56)39(7)15-16-39)20-25(40)12-10-9-11-23(3)17-24(4)32(35(52)50(30)21-27)47-37(54)59-38(5,6)41(42,43)44/h10,12-14,18,22-25,27,30,32H,9,11,15-17,19-21H2,1-8H3,(H,47,54)(H,48,51)(H,49,53)/b12-10-/t23-,24-,25-,27-,30+,32+,40-/m1/s1. The van der Waals surface area contributed by atoms with Crippen LogP contribution in [-0.4, -0.2) is 101 Å². The third-order valence-corrected chi connectivity index (χ3v) is 14.4. The lowest BCUT2D eigenvalue weighted by Gasteiger charge is -2.34. The molecule has 330 valence electrons. The van der Waals surface area contributed by atoms with E-state index in [9.17, 15) is 40.8 Å². The quantitative estimate of drug-likeness (QED) is 0.272. The summed E-state index contributed by atoms with van der Waals surface area (Å²) in [6.07, 6.45) is -1.44. The van der Waals surface area contributed by atoms with E-state index in [1.165, 1.54) is 18.9 Å². The molecular formula is C41H55F3N6O9S. The number of sulfonamides is 1. The van der Waals surface area contributed by atoms with E-state index in [2.05, 4.69) is 15.4 Å². The summed E-state index contributed by atoms with van der Waals surface area (Å²) in [6, 6.07) is 2.39. The van der Waals surface area contributed by atoms with Crippen molar-refractivity contribution in [2.75, 3.05) is 13.7 Å². The summed E-state index contributed by atoms with van der Waals surface area (Å²) in [5.74, 6) is -3.23. The third kappa shape index (κ3) is 9.15. The van der Waals surface area contributed by atoms with Crippen LogP contribution in [0, 0.1) is 17.8 Å². The number of benzene rings is 1. The number of amides is 4. The summed E-state index contributed by atoms with van der Waals surface area (Å²) in [5, 5.41) is 5.19. The molecule has 0 spiro atoms. The highest BCUT2D eigenvalue weighted by molar-refractivity contribution is 7.91. The van der Waals surface area contributed by atoms with Gasteiger partial charge in [-0.25, -0.2) is 23.2 Å². The number of aromatic nitrogens is 2. The Bertz CT molecular complexity index is 2160. The maximum atomic E-state index is 14.8. The van der Waals surface area contributed by atoms with Crippen LogP contribution in [0.15, 0.2) is 30.4 Å². The molecule has 7 atom stereocenters. The Morgan fingerprint density at radius 1 is 1.07 bits per heavy atom. The first kappa shape index (κ1) is 44.9. The van der Waals surface area contributed by atoms with Crippen LogP contribution in [0.2, 0.25) is 0 Å². The number of alkyl carbamates (subject to hydrolysis) is 1. The fourth-order valence-corrected chi connectivity index (χ4v) is 9.13. The van der Waals surface area contributed by atoms with Gasteiger partial charge in [-0.3, -0.25) is 19.1 Å². The molecule has 15 nitrogen and oxygen atoms in total. The summed E-state index contributed by atoms with van der Waals surface area (Å²) in [7, 11) is -2.58. The van der Waals surface area contributed by atoms with Crippen LogP contribution in [0.25, 0.3) is 11.0 Å². The molecular weight excluding hydrogens is 810 g/mol. The van der Waals surface area contributed by atoms with E-state index in [4.69, 9.17) is 24.2 Å². The van der Waals surface area contributed by atoms with Gasteiger partial charge < -0.3 is 29.7 Å². The van der Waals surface area contributed by atoms with Gasteiger partial charge in [0.25, 0.3) is 5.91 Å². The Morgan fingerprint density at radius 2 is 1.77 bits per heavy atom. The number of nitrogens with one attached hydrogen (secondary N) is 3. The zero-order valence-electron chi connectivity index (χ0n) is 35.1. The highest BCUT2D eigenvalue weighted by Crippen LogP contribution is 2.48. The van der Waals surface area contributed by atoms with E-state index < -0.39 is 85.9 Å². The van der Waals surface area contributed by atoms with Crippen molar-refractivity contribution < 1.29 is 55.0 Å². The first-order valence-electron chi connectivity index (χ1n) is 20.3. The fourth-order valence-electron chi connectivity index (χ4n) is 7.82. The Morgan fingerprint density at radius 3 is 2.40 bits per heavy atom. The number of hydrogen-bond acceptors (Lipinski definition) is 11. The van der Waals surface area contributed by atoms with Crippen molar-refractivity contribution in [1.29, 1.82) is 0 Å². The van der Waals surface area contributed by atoms with Crippen LogP contribution in [-0.2, 0) is 29.1 Å². The van der Waals surface area contributed by atoms with Gasteiger partial charge in [0.15, 0.2) is 0 Å². The summed E-state index contributed by atoms with van der Waals surface area (Å²) < 4.78 is 85.5. The highest BCUT2D eigenvalue weighted by Gasteiger charge is 2.63. The van der Waals surface area contributed by atoms with Gasteiger partial charge in [0.05, 0.1) is 29.4 Å². The number of methoxy groups -OCH3 is 1. The van der Waals surface area contributed by atoms with E-state index in [0.717, 1.165) is 0 Å². The molecule has 0 unspecified atom stereocenters. The third-order valence-electron chi connectivity index (χ3n) is 12.2. The van der Waals surface area contributed by atoms with E-state index in [0.29, 0.717) is 68.4 Å². The van der Waals surface area contributed by atoms with Crippen molar-refractivity contribution >= 4 is 44.9 Å². The normalized spacial score (nSPS) is 29.0. The summed E-state index contributed by atoms with van der Waals surface area (Å²) in [4.78, 5) is 67.3. The predicted octanol–water partition coefficient (Wildman–Crippen LogP) is 5.43. The Labute approximate surface area is 348 Å². The zero-order chi connectivity index (χ0) is 44.2. The number of carbonyl (C=O) groups excluding carboxylic acids is 4. The minimum atomic E-state index is -4.92. The van der Waals surface area contributed by atoms with E-state index >= 15 is 0 Å². The summed E-state index contributed by atoms with van der Waals surface area (Å²) in [5.41, 5.74) is -3.02. The van der Waals surface area contributed by atoms with Gasteiger partial charge in [0.2, 0.25) is 33.3 Å². The molecule has 6 rings (SSSR count). The molecule has 4 aliphatic rings. The first-order chi connectivity index (χ1) is 27.9. The number of rotatable bonds is 9. The number of hydrogen-bond donors (Lipinski definition) is 3. The lowest BCUT2D eigenvalue weighted by atomic mass is 9.88. The number of carbonyl (C=O) groups is 4.